The Morgan fingerprint density at radius 3 is 1.33 bits per heavy atom. The minimum absolute atomic E-state index is 0. The van der Waals surface area contributed by atoms with Gasteiger partial charge in [0.2, 0.25) is 0 Å². The standard InChI is InChI=1S/C14H18Cl2Si.Hf/c1-7-5-11(15)9(3)13(7)17-14-8(2)6-12(16)10(14)4;/h5-6,17H2,1-4H3;. The molecule has 0 heterocycles. The van der Waals surface area contributed by atoms with E-state index >= 15 is 0 Å². The fraction of sp³-hybridized carbons (Fsp3) is 0.429. The van der Waals surface area contributed by atoms with Gasteiger partial charge in [0.15, 0.2) is 0 Å². The number of rotatable bonds is 2. The zero-order valence-corrected chi connectivity index (χ0v) is 17.9. The zero-order chi connectivity index (χ0) is 12.7. The molecule has 0 aliphatic heterocycles. The number of hydrogen-bond donors (Lipinski definition) is 0. The van der Waals surface area contributed by atoms with Crippen molar-refractivity contribution in [3.63, 3.8) is 0 Å². The molecule has 2 aliphatic rings. The Labute approximate surface area is 141 Å². The maximum atomic E-state index is 6.25. The Balaban J connectivity index is 0.00000162. The molecule has 0 aromatic heterocycles. The van der Waals surface area contributed by atoms with E-state index in [0.29, 0.717) is 0 Å². The summed E-state index contributed by atoms with van der Waals surface area (Å²) in [6.07, 6.45) is 1.91. The van der Waals surface area contributed by atoms with Crippen LogP contribution < -0.4 is 0 Å². The molecule has 0 saturated heterocycles. The first-order valence-electron chi connectivity index (χ1n) is 6.00. The van der Waals surface area contributed by atoms with Crippen LogP contribution in [0.5, 0.6) is 0 Å². The van der Waals surface area contributed by atoms with Crippen molar-refractivity contribution in [2.45, 2.75) is 40.5 Å². The third kappa shape index (κ3) is 3.03. The summed E-state index contributed by atoms with van der Waals surface area (Å²) < 4.78 is 0. The third-order valence-electron chi connectivity index (χ3n) is 3.94. The van der Waals surface area contributed by atoms with Gasteiger partial charge in [0.25, 0.3) is 0 Å². The molecule has 2 aliphatic carbocycles. The van der Waals surface area contributed by atoms with E-state index in [4.69, 9.17) is 23.2 Å². The summed E-state index contributed by atoms with van der Waals surface area (Å²) in [7, 11) is -0.415. The molecule has 0 unspecified atom stereocenters. The molecule has 0 aromatic carbocycles. The van der Waals surface area contributed by atoms with Crippen LogP contribution in [-0.2, 0) is 25.8 Å². The predicted octanol–water partition coefficient (Wildman–Crippen LogP) is 4.53. The van der Waals surface area contributed by atoms with Crippen LogP contribution in [0.3, 0.4) is 0 Å². The number of hydrogen-bond acceptors (Lipinski definition) is 0. The van der Waals surface area contributed by atoms with Gasteiger partial charge in [-0.05, 0) is 38.8 Å². The normalized spacial score (nSPS) is 20.3. The van der Waals surface area contributed by atoms with Crippen LogP contribution in [-0.4, -0.2) is 9.52 Å². The van der Waals surface area contributed by atoms with Crippen LogP contribution in [0.25, 0.3) is 0 Å². The number of halogens is 2. The molecule has 0 N–H and O–H groups in total. The molecule has 18 heavy (non-hydrogen) atoms. The van der Waals surface area contributed by atoms with E-state index in [1.54, 1.807) is 10.4 Å². The van der Waals surface area contributed by atoms with E-state index in [1.807, 2.05) is 0 Å². The molecule has 96 valence electrons. The molecule has 0 fully saturated rings. The molecule has 0 saturated carbocycles. The van der Waals surface area contributed by atoms with Gasteiger partial charge in [-0.2, -0.15) is 0 Å². The van der Waals surface area contributed by atoms with Crippen LogP contribution in [0.4, 0.5) is 0 Å². The van der Waals surface area contributed by atoms with Gasteiger partial charge in [-0.1, -0.05) is 44.7 Å². The molecule has 0 nitrogen and oxygen atoms in total. The maximum absolute atomic E-state index is 6.25. The topological polar surface area (TPSA) is 0 Å². The SMILES string of the molecule is CC1=C([SiH2]C2=C(C)CC(Cl)=C2C)C(C)=C(Cl)C1.[Hf]. The van der Waals surface area contributed by atoms with Gasteiger partial charge in [0, 0.05) is 48.7 Å². The van der Waals surface area contributed by atoms with Crippen molar-refractivity contribution >= 4 is 32.7 Å². The van der Waals surface area contributed by atoms with Crippen molar-refractivity contribution in [2.24, 2.45) is 0 Å². The van der Waals surface area contributed by atoms with Crippen LogP contribution in [0.1, 0.15) is 40.5 Å². The first kappa shape index (κ1) is 16.7. The van der Waals surface area contributed by atoms with E-state index < -0.39 is 9.52 Å². The van der Waals surface area contributed by atoms with Crippen LogP contribution >= 0.6 is 23.2 Å². The van der Waals surface area contributed by atoms with Gasteiger partial charge in [-0.3, -0.25) is 0 Å². The Morgan fingerprint density at radius 2 is 1.11 bits per heavy atom. The Hall–Kier alpha value is 0.627. The monoisotopic (exact) mass is 464 g/mol. The fourth-order valence-electron chi connectivity index (χ4n) is 2.66. The predicted molar refractivity (Wildman–Crippen MR) is 80.3 cm³/mol. The molecule has 0 amide bonds. The van der Waals surface area contributed by atoms with Gasteiger partial charge >= 0.3 is 0 Å². The first-order valence-corrected chi connectivity index (χ1v) is 8.17. The van der Waals surface area contributed by atoms with E-state index in [2.05, 4.69) is 27.7 Å². The van der Waals surface area contributed by atoms with Gasteiger partial charge in [0.1, 0.15) is 0 Å². The molecular weight excluding hydrogens is 446 g/mol. The van der Waals surface area contributed by atoms with Gasteiger partial charge in [0.05, 0.1) is 9.52 Å². The molecular formula is C14H18Cl2HfSi. The van der Waals surface area contributed by atoms with Crippen molar-refractivity contribution < 1.29 is 25.8 Å². The van der Waals surface area contributed by atoms with Crippen molar-refractivity contribution in [2.75, 3.05) is 0 Å². The van der Waals surface area contributed by atoms with Crippen molar-refractivity contribution in [1.82, 2.24) is 0 Å². The van der Waals surface area contributed by atoms with E-state index in [1.165, 1.54) is 22.3 Å². The summed E-state index contributed by atoms with van der Waals surface area (Å²) in [5.41, 5.74) is 5.59. The molecule has 0 aromatic rings. The van der Waals surface area contributed by atoms with Crippen LogP contribution in [0, 0.1) is 0 Å². The molecule has 0 radical (unpaired) electrons. The fourth-order valence-corrected chi connectivity index (χ4v) is 5.67. The van der Waals surface area contributed by atoms with Crippen LogP contribution in [0.15, 0.2) is 42.7 Å². The second-order valence-electron chi connectivity index (χ2n) is 5.11. The van der Waals surface area contributed by atoms with Gasteiger partial charge < -0.3 is 0 Å². The minimum atomic E-state index is -0.415. The minimum Gasteiger partial charge on any atom is -0.0885 e. The van der Waals surface area contributed by atoms with E-state index in [9.17, 15) is 0 Å². The largest absolute Gasteiger partial charge is 0.0885 e. The zero-order valence-electron chi connectivity index (χ0n) is 11.4. The van der Waals surface area contributed by atoms with Crippen molar-refractivity contribution in [3.05, 3.63) is 42.7 Å². The molecule has 0 spiro atoms. The first-order chi connectivity index (χ1) is 7.91. The van der Waals surface area contributed by atoms with E-state index in [-0.39, 0.29) is 25.8 Å². The molecule has 4 heteroatoms. The Morgan fingerprint density at radius 1 is 0.778 bits per heavy atom. The second kappa shape index (κ2) is 6.38. The van der Waals surface area contributed by atoms with E-state index in [0.717, 1.165) is 22.9 Å². The second-order valence-corrected chi connectivity index (χ2v) is 7.79. The Bertz CT molecular complexity index is 464. The van der Waals surface area contributed by atoms with Crippen molar-refractivity contribution in [3.8, 4) is 0 Å². The summed E-state index contributed by atoms with van der Waals surface area (Å²) in [6.45, 7) is 8.75. The average Bonchev–Trinajstić information content (AvgIpc) is 2.62. The van der Waals surface area contributed by atoms with Crippen molar-refractivity contribution in [1.29, 1.82) is 0 Å². The summed E-state index contributed by atoms with van der Waals surface area (Å²) in [6, 6.07) is 0. The summed E-state index contributed by atoms with van der Waals surface area (Å²) >= 11 is 12.5. The van der Waals surface area contributed by atoms with Gasteiger partial charge in [-0.25, -0.2) is 0 Å². The maximum Gasteiger partial charge on any atom is 0.0882 e. The third-order valence-corrected chi connectivity index (χ3v) is 7.75. The summed E-state index contributed by atoms with van der Waals surface area (Å²) in [5, 5.41) is 5.17. The molecule has 2 rings (SSSR count). The number of allylic oxidation sites excluding steroid dienone is 8. The Kier molecular flexibility index (Phi) is 5.92. The molecule has 0 atom stereocenters. The summed E-state index contributed by atoms with van der Waals surface area (Å²) in [5.74, 6) is 0. The quantitative estimate of drug-likeness (QED) is 0.528. The smallest absolute Gasteiger partial charge is 0.0882 e. The van der Waals surface area contributed by atoms with Crippen LogP contribution in [0.2, 0.25) is 0 Å². The summed E-state index contributed by atoms with van der Waals surface area (Å²) in [4.78, 5) is 0. The molecule has 0 bridgehead atoms. The average molecular weight is 464 g/mol. The van der Waals surface area contributed by atoms with Gasteiger partial charge in [-0.15, -0.1) is 0 Å².